The van der Waals surface area contributed by atoms with Crippen molar-refractivity contribution in [2.24, 2.45) is 29.6 Å². The third-order valence-corrected chi connectivity index (χ3v) is 8.09. The minimum atomic E-state index is -0.905. The topological polar surface area (TPSA) is 80.3 Å². The fraction of sp³-hybridized carbons (Fsp3) is 0.767. The Morgan fingerprint density at radius 3 is 2.41 bits per heavy atom. The number of ether oxygens (including phenoxy) is 3. The molecule has 2 aliphatic rings. The zero-order valence-corrected chi connectivity index (χ0v) is 23.9. The Morgan fingerprint density at radius 2 is 1.78 bits per heavy atom. The number of hydrogen-bond donors (Lipinski definition) is 2. The highest BCUT2D eigenvalue weighted by molar-refractivity contribution is 5.81. The Hall–Kier alpha value is -1.83. The molecule has 0 bridgehead atoms. The van der Waals surface area contributed by atoms with Gasteiger partial charge < -0.3 is 29.5 Å². The second-order valence-electron chi connectivity index (χ2n) is 11.7. The molecule has 7 nitrogen and oxygen atoms in total. The van der Waals surface area contributed by atoms with Crippen molar-refractivity contribution in [2.75, 3.05) is 47.1 Å². The van der Waals surface area contributed by atoms with Gasteiger partial charge >= 0.3 is 0 Å². The van der Waals surface area contributed by atoms with Crippen LogP contribution in [0.15, 0.2) is 18.2 Å². The zero-order valence-electron chi connectivity index (χ0n) is 23.9. The van der Waals surface area contributed by atoms with Crippen molar-refractivity contribution in [3.05, 3.63) is 23.8 Å². The normalized spacial score (nSPS) is 21.3. The van der Waals surface area contributed by atoms with Gasteiger partial charge in [-0.1, -0.05) is 33.8 Å². The summed E-state index contributed by atoms with van der Waals surface area (Å²) >= 11 is 0. The number of carbonyl (C=O) groups is 1. The maximum atomic E-state index is 13.1. The van der Waals surface area contributed by atoms with E-state index in [1.165, 1.54) is 5.56 Å². The molecule has 0 spiro atoms. The summed E-state index contributed by atoms with van der Waals surface area (Å²) in [4.78, 5) is 15.1. The van der Waals surface area contributed by atoms with Crippen molar-refractivity contribution >= 4 is 5.91 Å². The first-order valence-electron chi connectivity index (χ1n) is 14.2. The van der Waals surface area contributed by atoms with Crippen molar-refractivity contribution in [2.45, 2.75) is 71.9 Å². The van der Waals surface area contributed by atoms with E-state index in [2.05, 4.69) is 31.3 Å². The number of amides is 1. The van der Waals surface area contributed by atoms with Gasteiger partial charge in [0.25, 0.3) is 5.91 Å². The van der Waals surface area contributed by atoms with Crippen LogP contribution in [0.4, 0.5) is 0 Å². The summed E-state index contributed by atoms with van der Waals surface area (Å²) in [5, 5.41) is 14.1. The molecule has 1 aromatic carbocycles. The molecule has 1 aromatic rings. The number of aliphatic hydroxyl groups is 1. The van der Waals surface area contributed by atoms with E-state index < -0.39 is 6.10 Å². The SMILES string of the molecule is COCCCOc1cc(CC(C[C@@H]2CNC[C@H]2CN(C(=O)[C@@H](O)C(C)C)C2CC2)C(C)C)ccc1OC. The van der Waals surface area contributed by atoms with E-state index >= 15 is 0 Å². The molecule has 3 rings (SSSR count). The van der Waals surface area contributed by atoms with Gasteiger partial charge in [-0.15, -0.1) is 0 Å². The number of benzene rings is 1. The molecule has 1 saturated carbocycles. The van der Waals surface area contributed by atoms with Crippen LogP contribution in [0, 0.1) is 29.6 Å². The Labute approximate surface area is 224 Å². The molecule has 1 amide bonds. The van der Waals surface area contributed by atoms with E-state index in [1.807, 2.05) is 24.8 Å². The summed E-state index contributed by atoms with van der Waals surface area (Å²) in [5.41, 5.74) is 1.26. The molecule has 1 aliphatic carbocycles. The van der Waals surface area contributed by atoms with E-state index in [9.17, 15) is 9.90 Å². The molecule has 2 N–H and O–H groups in total. The minimum Gasteiger partial charge on any atom is -0.493 e. The first kappa shape index (κ1) is 29.7. The quantitative estimate of drug-likeness (QED) is 0.320. The fourth-order valence-electron chi connectivity index (χ4n) is 5.42. The first-order chi connectivity index (χ1) is 17.7. The molecule has 210 valence electrons. The number of methoxy groups -OCH3 is 2. The summed E-state index contributed by atoms with van der Waals surface area (Å²) in [5.74, 6) is 3.40. The predicted molar refractivity (Wildman–Crippen MR) is 147 cm³/mol. The smallest absolute Gasteiger partial charge is 0.251 e. The number of nitrogens with one attached hydrogen (secondary N) is 1. The standard InChI is InChI=1S/C30H50N2O5/c1-20(2)23(14-22-8-11-27(36-6)28(15-22)37-13-7-12-35-5)16-24-17-31-18-25(24)19-32(26-9-10-26)30(34)29(33)21(3)4/h8,11,15,20-21,23-26,29,31,33H,7,9-10,12-14,16-19H2,1-6H3/t23?,24-,25+,29+/m1/s1. The maximum Gasteiger partial charge on any atom is 0.251 e. The molecule has 7 heteroatoms. The lowest BCUT2D eigenvalue weighted by Crippen LogP contribution is -2.46. The van der Waals surface area contributed by atoms with Crippen LogP contribution in [0.2, 0.25) is 0 Å². The summed E-state index contributed by atoms with van der Waals surface area (Å²) in [6.45, 7) is 12.4. The number of nitrogens with zero attached hydrogens (tertiary/aromatic N) is 1. The molecule has 1 unspecified atom stereocenters. The van der Waals surface area contributed by atoms with E-state index in [0.29, 0.717) is 42.9 Å². The van der Waals surface area contributed by atoms with Gasteiger partial charge in [0.2, 0.25) is 0 Å². The summed E-state index contributed by atoms with van der Waals surface area (Å²) < 4.78 is 16.7. The van der Waals surface area contributed by atoms with Crippen molar-refractivity contribution < 1.29 is 24.1 Å². The van der Waals surface area contributed by atoms with Gasteiger partial charge in [-0.3, -0.25) is 4.79 Å². The average Bonchev–Trinajstić information content (AvgIpc) is 3.63. The number of hydrogen-bond acceptors (Lipinski definition) is 6. The number of aliphatic hydroxyl groups excluding tert-OH is 1. The minimum absolute atomic E-state index is 0.0603. The van der Waals surface area contributed by atoms with Gasteiger partial charge in [-0.25, -0.2) is 0 Å². The lowest BCUT2D eigenvalue weighted by atomic mass is 9.78. The van der Waals surface area contributed by atoms with Gasteiger partial charge in [0.1, 0.15) is 6.10 Å². The van der Waals surface area contributed by atoms with Crippen molar-refractivity contribution in [1.29, 1.82) is 0 Å². The maximum absolute atomic E-state index is 13.1. The summed E-state index contributed by atoms with van der Waals surface area (Å²) in [6, 6.07) is 6.61. The Kier molecular flexibility index (Phi) is 11.5. The lowest BCUT2D eigenvalue weighted by Gasteiger charge is -2.33. The van der Waals surface area contributed by atoms with Crippen LogP contribution in [0.1, 0.15) is 58.9 Å². The number of carbonyl (C=O) groups excluding carboxylic acids is 1. The molecule has 37 heavy (non-hydrogen) atoms. The van der Waals surface area contributed by atoms with Gasteiger partial charge in [-0.2, -0.15) is 0 Å². The van der Waals surface area contributed by atoms with Crippen LogP contribution in [0.3, 0.4) is 0 Å². The lowest BCUT2D eigenvalue weighted by molar-refractivity contribution is -0.143. The Morgan fingerprint density at radius 1 is 1.05 bits per heavy atom. The largest absolute Gasteiger partial charge is 0.493 e. The predicted octanol–water partition coefficient (Wildman–Crippen LogP) is 4.16. The van der Waals surface area contributed by atoms with E-state index in [4.69, 9.17) is 14.2 Å². The third kappa shape index (κ3) is 8.59. The molecule has 4 atom stereocenters. The molecule has 0 aromatic heterocycles. The Balaban J connectivity index is 1.65. The molecule has 2 fully saturated rings. The molecule has 1 aliphatic heterocycles. The second kappa shape index (κ2) is 14.4. The van der Waals surface area contributed by atoms with Crippen LogP contribution in [0.25, 0.3) is 0 Å². The zero-order chi connectivity index (χ0) is 26.9. The fourth-order valence-corrected chi connectivity index (χ4v) is 5.42. The van der Waals surface area contributed by atoms with Crippen LogP contribution >= 0.6 is 0 Å². The van der Waals surface area contributed by atoms with E-state index in [-0.39, 0.29) is 11.8 Å². The molecular formula is C30H50N2O5. The van der Waals surface area contributed by atoms with Crippen molar-refractivity contribution in [3.8, 4) is 11.5 Å². The number of rotatable bonds is 16. The second-order valence-corrected chi connectivity index (χ2v) is 11.7. The van der Waals surface area contributed by atoms with Crippen LogP contribution in [0.5, 0.6) is 11.5 Å². The highest BCUT2D eigenvalue weighted by Gasteiger charge is 2.40. The highest BCUT2D eigenvalue weighted by atomic mass is 16.5. The molecule has 1 heterocycles. The average molecular weight is 519 g/mol. The monoisotopic (exact) mass is 518 g/mol. The van der Waals surface area contributed by atoms with E-state index in [0.717, 1.165) is 63.2 Å². The molecule has 1 saturated heterocycles. The van der Waals surface area contributed by atoms with Gasteiger partial charge in [-0.05, 0) is 86.1 Å². The summed E-state index contributed by atoms with van der Waals surface area (Å²) in [6.07, 6.45) is 4.15. The van der Waals surface area contributed by atoms with Crippen LogP contribution in [-0.4, -0.2) is 75.1 Å². The van der Waals surface area contributed by atoms with Crippen molar-refractivity contribution in [3.63, 3.8) is 0 Å². The van der Waals surface area contributed by atoms with Crippen LogP contribution in [-0.2, 0) is 16.0 Å². The third-order valence-electron chi connectivity index (χ3n) is 8.09. The van der Waals surface area contributed by atoms with Crippen LogP contribution < -0.4 is 14.8 Å². The van der Waals surface area contributed by atoms with E-state index in [1.54, 1.807) is 14.2 Å². The highest BCUT2D eigenvalue weighted by Crippen LogP contribution is 2.36. The summed E-state index contributed by atoms with van der Waals surface area (Å²) in [7, 11) is 3.38. The van der Waals surface area contributed by atoms with Gasteiger partial charge in [0, 0.05) is 32.7 Å². The molecular weight excluding hydrogens is 468 g/mol. The molecule has 0 radical (unpaired) electrons. The van der Waals surface area contributed by atoms with Gasteiger partial charge in [0.15, 0.2) is 11.5 Å². The first-order valence-corrected chi connectivity index (χ1v) is 14.2. The Bertz CT molecular complexity index is 841. The van der Waals surface area contributed by atoms with Crippen molar-refractivity contribution in [1.82, 2.24) is 10.2 Å². The van der Waals surface area contributed by atoms with Gasteiger partial charge in [0.05, 0.1) is 13.7 Å².